The number of carbonyl (C=O) groups is 2. The van der Waals surface area contributed by atoms with Crippen LogP contribution in [0.4, 0.5) is 5.69 Å². The number of sulfonamides is 1. The lowest BCUT2D eigenvalue weighted by molar-refractivity contribution is -0.119. The van der Waals surface area contributed by atoms with Crippen LogP contribution < -0.4 is 10.0 Å². The van der Waals surface area contributed by atoms with Gasteiger partial charge in [-0.3, -0.25) is 4.79 Å². The Morgan fingerprint density at radius 2 is 1.76 bits per heavy atom. The van der Waals surface area contributed by atoms with E-state index in [1.54, 1.807) is 24.3 Å². The summed E-state index contributed by atoms with van der Waals surface area (Å²) in [5, 5.41) is 4.45. The van der Waals surface area contributed by atoms with Gasteiger partial charge >= 0.3 is 5.97 Å². The minimum absolute atomic E-state index is 0.0384. The lowest BCUT2D eigenvalue weighted by Crippen LogP contribution is -2.23. The molecule has 0 bridgehead atoms. The summed E-state index contributed by atoms with van der Waals surface area (Å²) in [5.74, 6) is -1.28. The van der Waals surface area contributed by atoms with Crippen LogP contribution in [0.3, 0.4) is 0 Å². The molecule has 0 saturated heterocycles. The second kappa shape index (κ2) is 9.46. The number of thiophene rings is 1. The van der Waals surface area contributed by atoms with Crippen molar-refractivity contribution < 1.29 is 22.7 Å². The molecule has 1 amide bonds. The van der Waals surface area contributed by atoms with Crippen LogP contribution in [0.2, 0.25) is 0 Å². The number of anilines is 1. The van der Waals surface area contributed by atoms with E-state index in [0.29, 0.717) is 5.69 Å². The fraction of sp³-hybridized carbons (Fsp3) is 0.100. The molecule has 2 N–H and O–H groups in total. The molecule has 29 heavy (non-hydrogen) atoms. The number of esters is 1. The van der Waals surface area contributed by atoms with E-state index in [4.69, 9.17) is 4.74 Å². The Morgan fingerprint density at radius 1 is 0.966 bits per heavy atom. The summed E-state index contributed by atoms with van der Waals surface area (Å²) in [7, 11) is -3.79. The van der Waals surface area contributed by atoms with Gasteiger partial charge in [0.05, 0.1) is 10.5 Å². The molecule has 0 aliphatic carbocycles. The molecule has 7 nitrogen and oxygen atoms in total. The number of carbonyl (C=O) groups excluding carboxylic acids is 2. The molecule has 1 heterocycles. The van der Waals surface area contributed by atoms with Gasteiger partial charge in [-0.25, -0.2) is 17.9 Å². The number of amides is 1. The third-order valence-electron chi connectivity index (χ3n) is 3.79. The van der Waals surface area contributed by atoms with Gasteiger partial charge in [-0.05, 0) is 41.8 Å². The van der Waals surface area contributed by atoms with Crippen LogP contribution in [-0.2, 0) is 26.1 Å². The zero-order valence-corrected chi connectivity index (χ0v) is 16.8. The molecule has 0 saturated carbocycles. The number of ether oxygens (including phenoxy) is 1. The zero-order chi connectivity index (χ0) is 20.7. The van der Waals surface area contributed by atoms with Gasteiger partial charge in [0.2, 0.25) is 10.0 Å². The van der Waals surface area contributed by atoms with Gasteiger partial charge in [0.15, 0.2) is 6.61 Å². The molecule has 3 rings (SSSR count). The van der Waals surface area contributed by atoms with Crippen LogP contribution >= 0.6 is 11.3 Å². The molecule has 1 aromatic heterocycles. The number of para-hydroxylation sites is 1. The van der Waals surface area contributed by atoms with Crippen LogP contribution in [0.15, 0.2) is 77.0 Å². The summed E-state index contributed by atoms with van der Waals surface area (Å²) >= 11 is 1.44. The van der Waals surface area contributed by atoms with Gasteiger partial charge in [0.25, 0.3) is 5.91 Å². The molecule has 9 heteroatoms. The fourth-order valence-corrected chi connectivity index (χ4v) is 4.17. The van der Waals surface area contributed by atoms with Gasteiger partial charge < -0.3 is 10.1 Å². The summed E-state index contributed by atoms with van der Waals surface area (Å²) < 4.78 is 32.4. The number of benzene rings is 2. The van der Waals surface area contributed by atoms with Crippen molar-refractivity contribution in [3.63, 3.8) is 0 Å². The van der Waals surface area contributed by atoms with E-state index in [1.165, 1.54) is 35.6 Å². The van der Waals surface area contributed by atoms with E-state index >= 15 is 0 Å². The van der Waals surface area contributed by atoms with Crippen LogP contribution in [-0.4, -0.2) is 26.9 Å². The topological polar surface area (TPSA) is 102 Å². The Balaban J connectivity index is 1.59. The first kappa shape index (κ1) is 20.7. The molecule has 0 spiro atoms. The van der Waals surface area contributed by atoms with E-state index in [-0.39, 0.29) is 17.0 Å². The first-order valence-electron chi connectivity index (χ1n) is 8.58. The third kappa shape index (κ3) is 5.98. The minimum atomic E-state index is -3.79. The van der Waals surface area contributed by atoms with Crippen LogP contribution in [0.1, 0.15) is 15.2 Å². The van der Waals surface area contributed by atoms with Gasteiger partial charge in [-0.1, -0.05) is 30.3 Å². The van der Waals surface area contributed by atoms with Gasteiger partial charge in [-0.15, -0.1) is 11.3 Å². The predicted octanol–water partition coefficient (Wildman–Crippen LogP) is 3.02. The molecule has 0 radical (unpaired) electrons. The van der Waals surface area contributed by atoms with E-state index in [9.17, 15) is 18.0 Å². The molecular weight excluding hydrogens is 412 g/mol. The summed E-state index contributed by atoms with van der Waals surface area (Å²) in [5.41, 5.74) is 0.620. The van der Waals surface area contributed by atoms with Gasteiger partial charge in [0.1, 0.15) is 0 Å². The Bertz CT molecular complexity index is 1080. The molecule has 150 valence electrons. The summed E-state index contributed by atoms with van der Waals surface area (Å²) in [6.45, 7) is -0.324. The second-order valence-corrected chi connectivity index (χ2v) is 8.72. The highest BCUT2D eigenvalue weighted by atomic mass is 32.2. The Labute approximate surface area is 172 Å². The maximum Gasteiger partial charge on any atom is 0.338 e. The molecule has 0 aliphatic rings. The van der Waals surface area contributed by atoms with Crippen molar-refractivity contribution in [3.8, 4) is 0 Å². The number of hydrogen-bond donors (Lipinski definition) is 2. The van der Waals surface area contributed by atoms with Crippen molar-refractivity contribution >= 4 is 38.9 Å². The summed E-state index contributed by atoms with van der Waals surface area (Å²) in [4.78, 5) is 24.9. The highest BCUT2D eigenvalue weighted by Gasteiger charge is 2.17. The molecule has 0 fully saturated rings. The molecule has 0 aliphatic heterocycles. The van der Waals surface area contributed by atoms with Crippen LogP contribution in [0.25, 0.3) is 0 Å². The highest BCUT2D eigenvalue weighted by Crippen LogP contribution is 2.15. The van der Waals surface area contributed by atoms with E-state index in [2.05, 4.69) is 10.0 Å². The number of hydrogen-bond acceptors (Lipinski definition) is 6. The number of rotatable bonds is 8. The zero-order valence-electron chi connectivity index (χ0n) is 15.2. The van der Waals surface area contributed by atoms with Gasteiger partial charge in [0, 0.05) is 17.1 Å². The SMILES string of the molecule is O=C(COC(=O)c1cccc(S(=O)(=O)NCc2cccs2)c1)Nc1ccccc1. The monoisotopic (exact) mass is 430 g/mol. The van der Waals surface area contributed by atoms with Crippen LogP contribution in [0, 0.1) is 0 Å². The number of nitrogens with one attached hydrogen (secondary N) is 2. The lowest BCUT2D eigenvalue weighted by atomic mass is 10.2. The van der Waals surface area contributed by atoms with Gasteiger partial charge in [-0.2, -0.15) is 0 Å². The van der Waals surface area contributed by atoms with Crippen molar-refractivity contribution in [1.29, 1.82) is 0 Å². The van der Waals surface area contributed by atoms with Crippen molar-refractivity contribution in [2.24, 2.45) is 0 Å². The molecule has 3 aromatic rings. The van der Waals surface area contributed by atoms with Crippen molar-refractivity contribution in [2.75, 3.05) is 11.9 Å². The Kier molecular flexibility index (Phi) is 6.76. The predicted molar refractivity (Wildman–Crippen MR) is 110 cm³/mol. The van der Waals surface area contributed by atoms with E-state index in [1.807, 2.05) is 23.6 Å². The Hall–Kier alpha value is -3.01. The molecular formula is C20H18N2O5S2. The first-order chi connectivity index (χ1) is 13.9. The quantitative estimate of drug-likeness (QED) is 0.535. The largest absolute Gasteiger partial charge is 0.452 e. The van der Waals surface area contributed by atoms with Crippen molar-refractivity contribution in [2.45, 2.75) is 11.4 Å². The minimum Gasteiger partial charge on any atom is -0.452 e. The standard InChI is InChI=1S/C20H18N2O5S2/c23-19(22-16-7-2-1-3-8-16)14-27-20(24)15-6-4-10-18(12-15)29(25,26)21-13-17-9-5-11-28-17/h1-12,21H,13-14H2,(H,22,23). The average molecular weight is 431 g/mol. The van der Waals surface area contributed by atoms with Crippen molar-refractivity contribution in [1.82, 2.24) is 4.72 Å². The first-order valence-corrected chi connectivity index (χ1v) is 10.9. The maximum absolute atomic E-state index is 12.4. The Morgan fingerprint density at radius 3 is 2.48 bits per heavy atom. The summed E-state index contributed by atoms with van der Waals surface area (Å²) in [6.07, 6.45) is 0. The highest BCUT2D eigenvalue weighted by molar-refractivity contribution is 7.89. The molecule has 2 aromatic carbocycles. The van der Waals surface area contributed by atoms with Crippen molar-refractivity contribution in [3.05, 3.63) is 82.6 Å². The maximum atomic E-state index is 12.4. The smallest absolute Gasteiger partial charge is 0.338 e. The fourth-order valence-electron chi connectivity index (χ4n) is 2.39. The lowest BCUT2D eigenvalue weighted by Gasteiger charge is -2.09. The average Bonchev–Trinajstić information content (AvgIpc) is 3.25. The normalized spacial score (nSPS) is 11.0. The second-order valence-electron chi connectivity index (χ2n) is 5.92. The molecule has 0 unspecified atom stereocenters. The van der Waals surface area contributed by atoms with Crippen LogP contribution in [0.5, 0.6) is 0 Å². The molecule has 0 atom stereocenters. The van der Waals surface area contributed by atoms with E-state index < -0.39 is 28.5 Å². The summed E-state index contributed by atoms with van der Waals surface area (Å²) in [6, 6.07) is 17.9. The third-order valence-corrected chi connectivity index (χ3v) is 6.06. The van der Waals surface area contributed by atoms with E-state index in [0.717, 1.165) is 4.88 Å².